The van der Waals surface area contributed by atoms with Crippen LogP contribution in [0.3, 0.4) is 0 Å². The molecule has 0 spiro atoms. The number of halogens is 2. The summed E-state index contributed by atoms with van der Waals surface area (Å²) in [5.74, 6) is 1.54. The van der Waals surface area contributed by atoms with Gasteiger partial charge in [0.05, 0.1) is 33.0 Å². The third-order valence-electron chi connectivity index (χ3n) is 6.69. The molecule has 0 aliphatic carbocycles. The van der Waals surface area contributed by atoms with E-state index in [-0.39, 0.29) is 40.8 Å². The molecule has 1 heterocycles. The van der Waals surface area contributed by atoms with Gasteiger partial charge in [-0.1, -0.05) is 0 Å². The Morgan fingerprint density at radius 1 is 0.907 bits per heavy atom. The molecule has 0 fully saturated rings. The summed E-state index contributed by atoms with van der Waals surface area (Å²) < 4.78 is 27.5. The van der Waals surface area contributed by atoms with Gasteiger partial charge >= 0.3 is 5.97 Å². The number of unbranched alkanes of at least 4 members (excludes halogenated alkanes) is 1. The molecule has 0 atom stereocenters. The number of phenols is 1. The van der Waals surface area contributed by atoms with Gasteiger partial charge in [-0.3, -0.25) is 4.79 Å². The molecule has 228 valence electrons. The van der Waals surface area contributed by atoms with E-state index >= 15 is 0 Å². The second kappa shape index (κ2) is 15.4. The molecular weight excluding hydrogens is 597 g/mol. The number of nitrogens with zero attached hydrogens (tertiary/aromatic N) is 1. The fourth-order valence-corrected chi connectivity index (χ4v) is 4.90. The molecule has 4 aromatic rings. The zero-order chi connectivity index (χ0) is 30.8. The maximum Gasteiger partial charge on any atom is 0.338 e. The zero-order valence-electron chi connectivity index (χ0n) is 23.9. The first kappa shape index (κ1) is 31.8. The summed E-state index contributed by atoms with van der Waals surface area (Å²) in [6, 6.07) is 17.1. The molecule has 3 aromatic carbocycles. The van der Waals surface area contributed by atoms with E-state index in [0.717, 1.165) is 5.69 Å². The van der Waals surface area contributed by atoms with Gasteiger partial charge in [-0.25, -0.2) is 4.79 Å². The van der Waals surface area contributed by atoms with Gasteiger partial charge in [0.25, 0.3) is 0 Å². The number of methoxy groups -OCH3 is 2. The van der Waals surface area contributed by atoms with Crippen molar-refractivity contribution >= 4 is 45.8 Å². The summed E-state index contributed by atoms with van der Waals surface area (Å²) in [7, 11) is 2.81. The van der Waals surface area contributed by atoms with Gasteiger partial charge in [-0.2, -0.15) is 0 Å². The Labute approximate surface area is 259 Å². The van der Waals surface area contributed by atoms with E-state index < -0.39 is 5.43 Å². The molecule has 11 heteroatoms. The lowest BCUT2D eigenvalue weighted by molar-refractivity contribution is 0.0494. The Balaban J connectivity index is 1.26. The minimum Gasteiger partial charge on any atom is -0.504 e. The number of anilines is 1. The monoisotopic (exact) mass is 629 g/mol. The average molecular weight is 631 g/mol. The van der Waals surface area contributed by atoms with E-state index in [2.05, 4.69) is 4.90 Å². The largest absolute Gasteiger partial charge is 0.504 e. The average Bonchev–Trinajstić information content (AvgIpc) is 3.02. The summed E-state index contributed by atoms with van der Waals surface area (Å²) in [6.45, 7) is 2.06. The molecule has 4 rings (SSSR count). The summed E-state index contributed by atoms with van der Waals surface area (Å²) >= 11 is 11.7. The molecule has 43 heavy (non-hydrogen) atoms. The first-order valence-electron chi connectivity index (χ1n) is 13.7. The number of fused-ring (bicyclic) bond motifs is 1. The standard InChI is InChI=1S/C32H33Cl2NO8/c1-39-28-20-27-29(30(37)31(28)40-2)25(36)19-26(43-27)21-7-11-24(12-8-21)41-17-3-4-18-42-32(38)22-5-9-23(10-6-22)35(15-13-33)16-14-34/h5-12,19-20,37H,3-4,13-18H2,1-2H3. The lowest BCUT2D eigenvalue weighted by Gasteiger charge is -2.22. The SMILES string of the molecule is COc1cc2oc(-c3ccc(OCCCCOC(=O)c4ccc(N(CCCl)CCCl)cc4)cc3)cc(=O)c2c(O)c1OC. The topological polar surface area (TPSA) is 108 Å². The van der Waals surface area contributed by atoms with Crippen molar-refractivity contribution in [2.75, 3.05) is 57.2 Å². The molecule has 0 saturated carbocycles. The van der Waals surface area contributed by atoms with Gasteiger partial charge in [0.15, 0.2) is 16.9 Å². The number of hydrogen-bond acceptors (Lipinski definition) is 9. The van der Waals surface area contributed by atoms with Gasteiger partial charge in [0.1, 0.15) is 22.5 Å². The summed E-state index contributed by atoms with van der Waals surface area (Å²) in [5.41, 5.74) is 1.85. The number of phenolic OH excluding ortho intramolecular Hbond substituents is 1. The summed E-state index contributed by atoms with van der Waals surface area (Å²) in [5, 5.41) is 10.5. The number of carbonyl (C=O) groups excluding carboxylic acids is 1. The number of aromatic hydroxyl groups is 1. The van der Waals surface area contributed by atoms with Crippen LogP contribution in [0.4, 0.5) is 5.69 Å². The first-order chi connectivity index (χ1) is 20.9. The molecule has 9 nitrogen and oxygen atoms in total. The minimum absolute atomic E-state index is 0.0116. The highest BCUT2D eigenvalue weighted by molar-refractivity contribution is 6.18. The maximum atomic E-state index is 12.8. The van der Waals surface area contributed by atoms with Crippen LogP contribution >= 0.6 is 23.2 Å². The van der Waals surface area contributed by atoms with Crippen LogP contribution in [0.25, 0.3) is 22.3 Å². The molecule has 1 N–H and O–H groups in total. The molecule has 0 radical (unpaired) electrons. The Morgan fingerprint density at radius 3 is 2.21 bits per heavy atom. The van der Waals surface area contributed by atoms with Crippen molar-refractivity contribution in [1.29, 1.82) is 0 Å². The molecule has 0 amide bonds. The van der Waals surface area contributed by atoms with Crippen molar-refractivity contribution in [3.8, 4) is 34.3 Å². The van der Waals surface area contributed by atoms with Gasteiger partial charge in [-0.15, -0.1) is 23.2 Å². The fraction of sp³-hybridized carbons (Fsp3) is 0.312. The second-order valence-electron chi connectivity index (χ2n) is 9.44. The van der Waals surface area contributed by atoms with E-state index in [4.69, 9.17) is 46.6 Å². The number of benzene rings is 3. The Kier molecular flexibility index (Phi) is 11.4. The van der Waals surface area contributed by atoms with Gasteiger partial charge in [-0.05, 0) is 61.4 Å². The lowest BCUT2D eigenvalue weighted by atomic mass is 10.1. The van der Waals surface area contributed by atoms with Crippen molar-refractivity contribution < 1.29 is 33.3 Å². The van der Waals surface area contributed by atoms with Crippen LogP contribution in [0.5, 0.6) is 23.0 Å². The third kappa shape index (κ3) is 7.86. The molecular formula is C32H33Cl2NO8. The van der Waals surface area contributed by atoms with Gasteiger partial charge in [0, 0.05) is 48.2 Å². The van der Waals surface area contributed by atoms with Crippen LogP contribution in [-0.2, 0) is 4.74 Å². The molecule has 1 aromatic heterocycles. The van der Waals surface area contributed by atoms with Crippen molar-refractivity contribution in [1.82, 2.24) is 0 Å². The molecule has 0 saturated heterocycles. The van der Waals surface area contributed by atoms with Gasteiger partial charge < -0.3 is 33.4 Å². The number of alkyl halides is 2. The highest BCUT2D eigenvalue weighted by Crippen LogP contribution is 2.42. The normalized spacial score (nSPS) is 10.9. The molecule has 0 unspecified atom stereocenters. The van der Waals surface area contributed by atoms with Crippen LogP contribution < -0.4 is 24.5 Å². The lowest BCUT2D eigenvalue weighted by Crippen LogP contribution is -2.27. The predicted molar refractivity (Wildman–Crippen MR) is 168 cm³/mol. The Bertz CT molecular complexity index is 1570. The van der Waals surface area contributed by atoms with Crippen LogP contribution in [0.1, 0.15) is 23.2 Å². The van der Waals surface area contributed by atoms with Crippen LogP contribution in [0.15, 0.2) is 69.9 Å². The van der Waals surface area contributed by atoms with Crippen molar-refractivity contribution in [2.45, 2.75) is 12.8 Å². The first-order valence-corrected chi connectivity index (χ1v) is 14.8. The van der Waals surface area contributed by atoms with E-state index in [1.807, 2.05) is 12.1 Å². The number of rotatable bonds is 15. The maximum absolute atomic E-state index is 12.8. The van der Waals surface area contributed by atoms with Crippen molar-refractivity contribution in [3.05, 3.63) is 76.5 Å². The highest BCUT2D eigenvalue weighted by Gasteiger charge is 2.19. The zero-order valence-corrected chi connectivity index (χ0v) is 25.5. The van der Waals surface area contributed by atoms with Crippen molar-refractivity contribution in [2.24, 2.45) is 0 Å². The number of ether oxygens (including phenoxy) is 4. The fourth-order valence-electron chi connectivity index (χ4n) is 4.49. The second-order valence-corrected chi connectivity index (χ2v) is 10.2. The predicted octanol–water partition coefficient (Wildman–Crippen LogP) is 6.48. The molecule has 0 bridgehead atoms. The smallest absolute Gasteiger partial charge is 0.338 e. The summed E-state index contributed by atoms with van der Waals surface area (Å²) in [4.78, 5) is 27.2. The minimum atomic E-state index is -0.413. The number of carbonyl (C=O) groups is 1. The van der Waals surface area contributed by atoms with Crippen LogP contribution in [0.2, 0.25) is 0 Å². The van der Waals surface area contributed by atoms with E-state index in [9.17, 15) is 14.7 Å². The number of esters is 1. The van der Waals surface area contributed by atoms with E-state index in [1.54, 1.807) is 36.4 Å². The van der Waals surface area contributed by atoms with E-state index in [0.29, 0.717) is 66.9 Å². The molecule has 0 aliphatic heterocycles. The van der Waals surface area contributed by atoms with Crippen LogP contribution in [0, 0.1) is 0 Å². The number of hydrogen-bond donors (Lipinski definition) is 1. The summed E-state index contributed by atoms with van der Waals surface area (Å²) in [6.07, 6.45) is 1.33. The van der Waals surface area contributed by atoms with Crippen molar-refractivity contribution in [3.63, 3.8) is 0 Å². The Hall–Kier alpha value is -4.08. The van der Waals surface area contributed by atoms with Gasteiger partial charge in [0.2, 0.25) is 5.75 Å². The van der Waals surface area contributed by atoms with E-state index in [1.165, 1.54) is 26.4 Å². The highest BCUT2D eigenvalue weighted by atomic mass is 35.5. The quantitative estimate of drug-likeness (QED) is 0.0897. The Morgan fingerprint density at radius 2 is 1.58 bits per heavy atom. The third-order valence-corrected chi connectivity index (χ3v) is 7.03. The van der Waals surface area contributed by atoms with Crippen LogP contribution in [-0.4, -0.2) is 63.4 Å². The molecule has 0 aliphatic rings.